The number of methoxy groups -OCH3 is 1. The Kier molecular flexibility index (Phi) is 0.796. The number of likely N-dealkylation sites (N-methyl/N-ethyl adjacent to an activating group) is 1. The molecule has 3 atom stereocenters. The van der Waals surface area contributed by atoms with Crippen LogP contribution in [0.1, 0.15) is 0 Å². The Morgan fingerprint density at radius 3 is 2.36 bits per heavy atom. The highest BCUT2D eigenvalue weighted by atomic mass is 16.5. The van der Waals surface area contributed by atoms with Gasteiger partial charge in [0.25, 0.3) is 0 Å². The lowest BCUT2D eigenvalue weighted by Crippen LogP contribution is -2.34. The highest BCUT2D eigenvalue weighted by molar-refractivity contribution is 5.79. The van der Waals surface area contributed by atoms with Crippen molar-refractivity contribution >= 4 is 5.97 Å². The van der Waals surface area contributed by atoms with E-state index in [1.54, 1.807) is 0 Å². The molecule has 0 spiro atoms. The van der Waals surface area contributed by atoms with Crippen LogP contribution in [0, 0.1) is 17.8 Å². The van der Waals surface area contributed by atoms with Gasteiger partial charge < -0.3 is 4.74 Å². The summed E-state index contributed by atoms with van der Waals surface area (Å²) in [4.78, 5) is 13.4. The van der Waals surface area contributed by atoms with Crippen molar-refractivity contribution in [1.82, 2.24) is 4.90 Å². The van der Waals surface area contributed by atoms with Crippen LogP contribution in [0.5, 0.6) is 0 Å². The van der Waals surface area contributed by atoms with E-state index in [-0.39, 0.29) is 12.0 Å². The van der Waals surface area contributed by atoms with E-state index in [1.807, 2.05) is 7.05 Å². The molecule has 4 rings (SSSR count). The third-order valence-electron chi connectivity index (χ3n) is 3.56. The third kappa shape index (κ3) is 0.466. The number of hydrogen-bond acceptors (Lipinski definition) is 3. The van der Waals surface area contributed by atoms with E-state index < -0.39 is 0 Å². The van der Waals surface area contributed by atoms with Crippen LogP contribution in [0.25, 0.3) is 0 Å². The number of esters is 1. The van der Waals surface area contributed by atoms with Gasteiger partial charge in [0.2, 0.25) is 0 Å². The molecule has 0 amide bonds. The zero-order valence-electron chi connectivity index (χ0n) is 6.65. The fourth-order valence-electron chi connectivity index (χ4n) is 2.90. The van der Waals surface area contributed by atoms with E-state index in [2.05, 4.69) is 4.90 Å². The molecule has 0 N–H and O–H groups in total. The van der Waals surface area contributed by atoms with Crippen LogP contribution in [0.15, 0.2) is 0 Å². The largest absolute Gasteiger partial charge is 0.468 e. The van der Waals surface area contributed by atoms with Gasteiger partial charge in [-0.3, -0.25) is 9.69 Å². The van der Waals surface area contributed by atoms with Gasteiger partial charge in [0.05, 0.1) is 7.11 Å². The van der Waals surface area contributed by atoms with Crippen LogP contribution >= 0.6 is 0 Å². The molecule has 0 aromatic carbocycles. The van der Waals surface area contributed by atoms with Gasteiger partial charge in [0, 0.05) is 6.04 Å². The monoisotopic (exact) mass is 153 g/mol. The van der Waals surface area contributed by atoms with Gasteiger partial charge in [-0.2, -0.15) is 0 Å². The smallest absolute Gasteiger partial charge is 0.323 e. The van der Waals surface area contributed by atoms with Gasteiger partial charge in [-0.15, -0.1) is 0 Å². The summed E-state index contributed by atoms with van der Waals surface area (Å²) in [5, 5.41) is 0. The minimum absolute atomic E-state index is 0.0370. The number of carbonyl (C=O) groups is 1. The molecule has 3 unspecified atom stereocenters. The molecule has 3 nitrogen and oxygen atoms in total. The SMILES string of the molecule is COC(=O)C1C2C3C2C3N1C. The first-order valence-electron chi connectivity index (χ1n) is 4.07. The average molecular weight is 153 g/mol. The summed E-state index contributed by atoms with van der Waals surface area (Å²) in [6.45, 7) is 0. The number of hydrogen-bond donors (Lipinski definition) is 0. The Morgan fingerprint density at radius 2 is 2.00 bits per heavy atom. The van der Waals surface area contributed by atoms with Gasteiger partial charge in [-0.25, -0.2) is 0 Å². The van der Waals surface area contributed by atoms with E-state index in [0.717, 1.165) is 17.9 Å². The Morgan fingerprint density at radius 1 is 1.36 bits per heavy atom. The molecule has 2 bridgehead atoms. The topological polar surface area (TPSA) is 29.5 Å². The number of rotatable bonds is 1. The molecule has 2 aliphatic carbocycles. The Labute approximate surface area is 65.3 Å². The highest BCUT2D eigenvalue weighted by Gasteiger charge is 2.84. The molecule has 60 valence electrons. The zero-order valence-corrected chi connectivity index (χ0v) is 6.65. The van der Waals surface area contributed by atoms with Gasteiger partial charge in [0.15, 0.2) is 0 Å². The second-order valence-electron chi connectivity index (χ2n) is 3.86. The molecule has 2 saturated heterocycles. The van der Waals surface area contributed by atoms with Crippen molar-refractivity contribution in [3.63, 3.8) is 0 Å². The Bertz CT molecular complexity index is 230. The van der Waals surface area contributed by atoms with Gasteiger partial charge in [0.1, 0.15) is 6.04 Å². The molecule has 2 aliphatic heterocycles. The van der Waals surface area contributed by atoms with Crippen molar-refractivity contribution in [2.75, 3.05) is 14.2 Å². The maximum Gasteiger partial charge on any atom is 0.323 e. The summed E-state index contributed by atoms with van der Waals surface area (Å²) in [6.07, 6.45) is 0. The van der Waals surface area contributed by atoms with Crippen molar-refractivity contribution in [3.8, 4) is 0 Å². The molecule has 0 aromatic rings. The lowest BCUT2D eigenvalue weighted by atomic mass is 10.1. The minimum atomic E-state index is -0.0370. The highest BCUT2D eigenvalue weighted by Crippen LogP contribution is 2.77. The van der Waals surface area contributed by atoms with Crippen molar-refractivity contribution in [2.24, 2.45) is 17.8 Å². The van der Waals surface area contributed by atoms with E-state index in [0.29, 0.717) is 5.92 Å². The average Bonchev–Trinajstić information content (AvgIpc) is 2.82. The van der Waals surface area contributed by atoms with Crippen LogP contribution < -0.4 is 0 Å². The number of fused-ring (bicyclic) bond motifs is 1. The molecule has 0 radical (unpaired) electrons. The fourth-order valence-corrected chi connectivity index (χ4v) is 2.90. The number of ether oxygens (including phenoxy) is 1. The predicted molar refractivity (Wildman–Crippen MR) is 37.8 cm³/mol. The Balaban J connectivity index is 1.84. The number of carbonyl (C=O) groups excluding carboxylic acids is 1. The lowest BCUT2D eigenvalue weighted by Gasteiger charge is -2.15. The normalized spacial score (nSPS) is 57.1. The van der Waals surface area contributed by atoms with E-state index in [4.69, 9.17) is 4.74 Å². The second-order valence-corrected chi connectivity index (χ2v) is 3.86. The Hall–Kier alpha value is -0.570. The first-order chi connectivity index (χ1) is 5.27. The molecule has 2 saturated carbocycles. The predicted octanol–water partition coefficient (Wildman–Crippen LogP) is -0.282. The molecule has 11 heavy (non-hydrogen) atoms. The molecule has 4 aliphatic rings. The van der Waals surface area contributed by atoms with Gasteiger partial charge >= 0.3 is 5.97 Å². The molecular formula is C8H11NO2. The quantitative estimate of drug-likeness (QED) is 0.485. The van der Waals surface area contributed by atoms with E-state index >= 15 is 0 Å². The summed E-state index contributed by atoms with van der Waals surface area (Å²) in [5.41, 5.74) is 0. The third-order valence-corrected chi connectivity index (χ3v) is 3.56. The van der Waals surface area contributed by atoms with Crippen LogP contribution in [0.4, 0.5) is 0 Å². The first kappa shape index (κ1) is 6.00. The van der Waals surface area contributed by atoms with Crippen LogP contribution in [-0.4, -0.2) is 37.1 Å². The molecule has 3 heteroatoms. The standard InChI is InChI=1S/C8H11NO2/c1-9-6-3-4(6)5(3)7(9)8(10)11-2/h3-7H,1-2H3. The first-order valence-corrected chi connectivity index (χ1v) is 4.07. The fraction of sp³-hybridized carbons (Fsp3) is 0.875. The zero-order chi connectivity index (χ0) is 7.75. The summed E-state index contributed by atoms with van der Waals surface area (Å²) in [5.74, 6) is 2.36. The maximum absolute atomic E-state index is 11.2. The molecule has 2 heterocycles. The molecule has 0 aromatic heterocycles. The second kappa shape index (κ2) is 1.46. The van der Waals surface area contributed by atoms with Crippen molar-refractivity contribution in [2.45, 2.75) is 12.1 Å². The van der Waals surface area contributed by atoms with Crippen molar-refractivity contribution in [3.05, 3.63) is 0 Å². The van der Waals surface area contributed by atoms with E-state index in [1.165, 1.54) is 7.11 Å². The summed E-state index contributed by atoms with van der Waals surface area (Å²) >= 11 is 0. The summed E-state index contributed by atoms with van der Waals surface area (Å²) in [6, 6.07) is 0.837. The summed E-state index contributed by atoms with van der Waals surface area (Å²) in [7, 11) is 3.51. The minimum Gasteiger partial charge on any atom is -0.468 e. The lowest BCUT2D eigenvalue weighted by molar-refractivity contribution is -0.145. The number of nitrogens with zero attached hydrogens (tertiary/aromatic N) is 1. The van der Waals surface area contributed by atoms with Crippen molar-refractivity contribution in [1.29, 1.82) is 0 Å². The summed E-state index contributed by atoms with van der Waals surface area (Å²) < 4.78 is 4.73. The van der Waals surface area contributed by atoms with Gasteiger partial charge in [-0.1, -0.05) is 0 Å². The van der Waals surface area contributed by atoms with Crippen molar-refractivity contribution < 1.29 is 9.53 Å². The maximum atomic E-state index is 11.2. The van der Waals surface area contributed by atoms with Crippen LogP contribution in [0.3, 0.4) is 0 Å². The molecule has 4 fully saturated rings. The van der Waals surface area contributed by atoms with Crippen LogP contribution in [0.2, 0.25) is 0 Å². The molecular weight excluding hydrogens is 142 g/mol. The van der Waals surface area contributed by atoms with Crippen LogP contribution in [-0.2, 0) is 9.53 Å². The number of piperidine rings is 1. The van der Waals surface area contributed by atoms with E-state index in [9.17, 15) is 4.79 Å². The van der Waals surface area contributed by atoms with Gasteiger partial charge in [-0.05, 0) is 24.8 Å².